The van der Waals surface area contributed by atoms with Crippen LogP contribution in [0.3, 0.4) is 0 Å². The van der Waals surface area contributed by atoms with Gasteiger partial charge in [-0.3, -0.25) is 0 Å². The SMILES string of the molecule is NCC(CN)CN. The summed E-state index contributed by atoms with van der Waals surface area (Å²) in [4.78, 5) is 0. The highest BCUT2D eigenvalue weighted by atomic mass is 14.7. The summed E-state index contributed by atoms with van der Waals surface area (Å²) in [5.41, 5.74) is 15.7. The average Bonchev–Trinajstić information content (AvgIpc) is 1.72. The maximum Gasteiger partial charge on any atom is -0.00247 e. The van der Waals surface area contributed by atoms with Crippen LogP contribution in [0, 0.1) is 5.92 Å². The highest BCUT2D eigenvalue weighted by Crippen LogP contribution is 1.81. The van der Waals surface area contributed by atoms with E-state index in [1.807, 2.05) is 0 Å². The zero-order chi connectivity index (χ0) is 5.70. The summed E-state index contributed by atoms with van der Waals surface area (Å²) < 4.78 is 0. The van der Waals surface area contributed by atoms with Gasteiger partial charge in [0.2, 0.25) is 0 Å². The Morgan fingerprint density at radius 3 is 1.14 bits per heavy atom. The maximum atomic E-state index is 5.23. The first-order chi connectivity index (χ1) is 3.35. The van der Waals surface area contributed by atoms with E-state index in [2.05, 4.69) is 0 Å². The molecule has 0 aliphatic heterocycles. The van der Waals surface area contributed by atoms with Crippen molar-refractivity contribution < 1.29 is 0 Å². The highest BCUT2D eigenvalue weighted by Gasteiger charge is 1.96. The standard InChI is InChI=1S/C4H13N3/c5-1-4(2-6)3-7/h4H,1-3,5-7H2. The first-order valence-electron chi connectivity index (χ1n) is 2.45. The van der Waals surface area contributed by atoms with Crippen LogP contribution in [0.1, 0.15) is 0 Å². The van der Waals surface area contributed by atoms with Gasteiger partial charge in [0.05, 0.1) is 0 Å². The normalized spacial score (nSPS) is 10.3. The zero-order valence-electron chi connectivity index (χ0n) is 4.43. The molecule has 0 aromatic rings. The van der Waals surface area contributed by atoms with Crippen LogP contribution < -0.4 is 17.2 Å². The van der Waals surface area contributed by atoms with Crippen molar-refractivity contribution in [1.29, 1.82) is 0 Å². The third kappa shape index (κ3) is 2.56. The Kier molecular flexibility index (Phi) is 3.98. The van der Waals surface area contributed by atoms with Crippen LogP contribution in [-0.2, 0) is 0 Å². The van der Waals surface area contributed by atoms with E-state index in [9.17, 15) is 0 Å². The summed E-state index contributed by atoms with van der Waals surface area (Å²) in [5.74, 6) is 0.319. The van der Waals surface area contributed by atoms with Crippen LogP contribution in [0.2, 0.25) is 0 Å². The Morgan fingerprint density at radius 1 is 0.857 bits per heavy atom. The first-order valence-corrected chi connectivity index (χ1v) is 2.45. The predicted molar refractivity (Wildman–Crippen MR) is 30.7 cm³/mol. The lowest BCUT2D eigenvalue weighted by Gasteiger charge is -2.05. The summed E-state index contributed by atoms with van der Waals surface area (Å²) in [6, 6.07) is 0. The molecule has 0 aliphatic rings. The van der Waals surface area contributed by atoms with Crippen LogP contribution in [0.4, 0.5) is 0 Å². The van der Waals surface area contributed by atoms with Crippen LogP contribution in [0.25, 0.3) is 0 Å². The van der Waals surface area contributed by atoms with Crippen LogP contribution in [-0.4, -0.2) is 19.6 Å². The lowest BCUT2D eigenvalue weighted by Crippen LogP contribution is -2.29. The van der Waals surface area contributed by atoms with Gasteiger partial charge in [0.25, 0.3) is 0 Å². The minimum Gasteiger partial charge on any atom is -0.330 e. The number of hydrogen-bond acceptors (Lipinski definition) is 3. The van der Waals surface area contributed by atoms with Crippen LogP contribution in [0.5, 0.6) is 0 Å². The van der Waals surface area contributed by atoms with E-state index in [-0.39, 0.29) is 0 Å². The predicted octanol–water partition coefficient (Wildman–Crippen LogP) is -1.52. The van der Waals surface area contributed by atoms with Gasteiger partial charge < -0.3 is 17.2 Å². The van der Waals surface area contributed by atoms with Crippen LogP contribution >= 0.6 is 0 Å². The molecule has 3 nitrogen and oxygen atoms in total. The van der Waals surface area contributed by atoms with E-state index in [0.717, 1.165) is 0 Å². The van der Waals surface area contributed by atoms with E-state index in [1.165, 1.54) is 0 Å². The fraction of sp³-hybridized carbons (Fsp3) is 1.00. The lowest BCUT2D eigenvalue weighted by molar-refractivity contribution is 0.563. The summed E-state index contributed by atoms with van der Waals surface area (Å²) in [7, 11) is 0. The monoisotopic (exact) mass is 103 g/mol. The molecule has 0 aliphatic carbocycles. The van der Waals surface area contributed by atoms with Gasteiger partial charge in [0, 0.05) is 0 Å². The van der Waals surface area contributed by atoms with E-state index >= 15 is 0 Å². The molecular weight excluding hydrogens is 90.1 g/mol. The maximum absolute atomic E-state index is 5.23. The molecule has 0 radical (unpaired) electrons. The van der Waals surface area contributed by atoms with Gasteiger partial charge in [0.1, 0.15) is 0 Å². The summed E-state index contributed by atoms with van der Waals surface area (Å²) in [5, 5.41) is 0. The summed E-state index contributed by atoms with van der Waals surface area (Å²) in [6.07, 6.45) is 0. The first kappa shape index (κ1) is 6.88. The average molecular weight is 103 g/mol. The van der Waals surface area contributed by atoms with Gasteiger partial charge >= 0.3 is 0 Å². The topological polar surface area (TPSA) is 78.1 Å². The van der Waals surface area contributed by atoms with Crippen molar-refractivity contribution in [3.8, 4) is 0 Å². The van der Waals surface area contributed by atoms with Crippen molar-refractivity contribution >= 4 is 0 Å². The molecule has 0 amide bonds. The lowest BCUT2D eigenvalue weighted by atomic mass is 10.1. The Bertz CT molecular complexity index is 28.4. The van der Waals surface area contributed by atoms with Gasteiger partial charge in [-0.05, 0) is 25.6 Å². The third-order valence-corrected chi connectivity index (χ3v) is 1.00. The molecule has 44 valence electrons. The molecule has 6 N–H and O–H groups in total. The van der Waals surface area contributed by atoms with E-state index in [0.29, 0.717) is 25.6 Å². The van der Waals surface area contributed by atoms with Gasteiger partial charge in [-0.1, -0.05) is 0 Å². The molecule has 0 rings (SSSR count). The fourth-order valence-electron chi connectivity index (χ4n) is 0.289. The molecule has 0 unspecified atom stereocenters. The number of nitrogens with two attached hydrogens (primary N) is 3. The van der Waals surface area contributed by atoms with Gasteiger partial charge in [-0.2, -0.15) is 0 Å². The number of rotatable bonds is 3. The second-order valence-electron chi connectivity index (χ2n) is 1.57. The molecular formula is C4H13N3. The Balaban J connectivity index is 2.99. The quantitative estimate of drug-likeness (QED) is 0.406. The molecule has 0 spiro atoms. The van der Waals surface area contributed by atoms with Gasteiger partial charge in [-0.15, -0.1) is 0 Å². The molecule has 0 heterocycles. The minimum atomic E-state index is 0.319. The molecule has 0 saturated carbocycles. The highest BCUT2D eigenvalue weighted by molar-refractivity contribution is 4.58. The van der Waals surface area contributed by atoms with Crippen molar-refractivity contribution in [1.82, 2.24) is 0 Å². The molecule has 0 atom stereocenters. The van der Waals surface area contributed by atoms with Crippen molar-refractivity contribution in [3.63, 3.8) is 0 Å². The van der Waals surface area contributed by atoms with Crippen molar-refractivity contribution in [2.45, 2.75) is 0 Å². The second kappa shape index (κ2) is 4.05. The van der Waals surface area contributed by atoms with Gasteiger partial charge in [-0.25, -0.2) is 0 Å². The van der Waals surface area contributed by atoms with Gasteiger partial charge in [0.15, 0.2) is 0 Å². The smallest absolute Gasteiger partial charge is 0.00247 e. The minimum absolute atomic E-state index is 0.319. The van der Waals surface area contributed by atoms with Crippen molar-refractivity contribution in [2.75, 3.05) is 19.6 Å². The molecule has 0 bridgehead atoms. The Morgan fingerprint density at radius 2 is 1.14 bits per heavy atom. The van der Waals surface area contributed by atoms with E-state index in [1.54, 1.807) is 0 Å². The molecule has 3 heteroatoms. The Labute approximate surface area is 43.9 Å². The molecule has 0 saturated heterocycles. The fourth-order valence-corrected chi connectivity index (χ4v) is 0.289. The molecule has 0 aromatic carbocycles. The molecule has 0 fully saturated rings. The number of hydrogen-bond donors (Lipinski definition) is 3. The third-order valence-electron chi connectivity index (χ3n) is 1.00. The Hall–Kier alpha value is -0.120. The summed E-state index contributed by atoms with van der Waals surface area (Å²) >= 11 is 0. The van der Waals surface area contributed by atoms with Crippen molar-refractivity contribution in [3.05, 3.63) is 0 Å². The summed E-state index contributed by atoms with van der Waals surface area (Å²) in [6.45, 7) is 1.81. The second-order valence-corrected chi connectivity index (χ2v) is 1.57. The molecule has 0 aromatic heterocycles. The molecule has 7 heavy (non-hydrogen) atoms. The van der Waals surface area contributed by atoms with E-state index in [4.69, 9.17) is 17.2 Å². The van der Waals surface area contributed by atoms with E-state index < -0.39 is 0 Å². The largest absolute Gasteiger partial charge is 0.330 e. The van der Waals surface area contributed by atoms with Crippen LogP contribution in [0.15, 0.2) is 0 Å². The van der Waals surface area contributed by atoms with Crippen molar-refractivity contribution in [2.24, 2.45) is 23.1 Å². The zero-order valence-corrected chi connectivity index (χ0v) is 4.43.